The zero-order valence-electron chi connectivity index (χ0n) is 8.14. The van der Waals surface area contributed by atoms with E-state index in [1.54, 1.807) is 0 Å². The van der Waals surface area contributed by atoms with Crippen molar-refractivity contribution in [1.82, 2.24) is 10.2 Å². The summed E-state index contributed by atoms with van der Waals surface area (Å²) in [6.07, 6.45) is 4.74. The second-order valence-electron chi connectivity index (χ2n) is 3.84. The van der Waals surface area contributed by atoms with Crippen LogP contribution in [0, 0.1) is 0 Å². The van der Waals surface area contributed by atoms with E-state index in [1.165, 1.54) is 19.8 Å². The average Bonchev–Trinajstić information content (AvgIpc) is 2.70. The third-order valence-corrected chi connectivity index (χ3v) is 3.14. The summed E-state index contributed by atoms with van der Waals surface area (Å²) in [5, 5.41) is 7.12. The van der Waals surface area contributed by atoms with Gasteiger partial charge in [0.2, 0.25) is 0 Å². The molecule has 1 aromatic heterocycles. The minimum Gasteiger partial charge on any atom is -0.294 e. The van der Waals surface area contributed by atoms with Crippen LogP contribution in [0.25, 0.3) is 0 Å². The predicted octanol–water partition coefficient (Wildman–Crippen LogP) is 2.92. The molecule has 0 bridgehead atoms. The first kappa shape index (κ1) is 9.71. The first-order valence-corrected chi connectivity index (χ1v) is 5.32. The first-order valence-electron chi connectivity index (χ1n) is 4.95. The van der Waals surface area contributed by atoms with Crippen molar-refractivity contribution >= 4 is 17.4 Å². The molecule has 1 fully saturated rings. The van der Waals surface area contributed by atoms with Gasteiger partial charge in [0.1, 0.15) is 0 Å². The third-order valence-electron chi connectivity index (χ3n) is 2.87. The Kier molecular flexibility index (Phi) is 2.59. The number of carbonyl (C=O) groups is 1. The van der Waals surface area contributed by atoms with Gasteiger partial charge in [-0.05, 0) is 19.8 Å². The third kappa shape index (κ3) is 1.57. The Morgan fingerprint density at radius 2 is 2.14 bits per heavy atom. The molecule has 0 spiro atoms. The number of Topliss-reactive ketones (excluding diaryl/α,β-unsaturated/α-hetero) is 1. The van der Waals surface area contributed by atoms with Crippen LogP contribution in [0.5, 0.6) is 0 Å². The van der Waals surface area contributed by atoms with Crippen LogP contribution in [0.15, 0.2) is 0 Å². The van der Waals surface area contributed by atoms with Crippen LogP contribution >= 0.6 is 11.6 Å². The van der Waals surface area contributed by atoms with Crippen molar-refractivity contribution in [3.05, 3.63) is 16.4 Å². The summed E-state index contributed by atoms with van der Waals surface area (Å²) < 4.78 is 0. The summed E-state index contributed by atoms with van der Waals surface area (Å²) in [5.74, 6) is 0.458. The topological polar surface area (TPSA) is 45.8 Å². The summed E-state index contributed by atoms with van der Waals surface area (Å²) in [6.45, 7) is 1.54. The number of halogens is 1. The summed E-state index contributed by atoms with van der Waals surface area (Å²) in [7, 11) is 0. The van der Waals surface area contributed by atoms with Gasteiger partial charge < -0.3 is 0 Å². The molecule has 4 heteroatoms. The maximum atomic E-state index is 11.4. The molecule has 0 aromatic carbocycles. The maximum absolute atomic E-state index is 11.4. The molecule has 1 N–H and O–H groups in total. The van der Waals surface area contributed by atoms with E-state index in [9.17, 15) is 4.79 Å². The fraction of sp³-hybridized carbons (Fsp3) is 0.600. The summed E-state index contributed by atoms with van der Waals surface area (Å²) in [4.78, 5) is 11.4. The van der Waals surface area contributed by atoms with Crippen LogP contribution in [0.1, 0.15) is 54.6 Å². The Labute approximate surface area is 87.8 Å². The van der Waals surface area contributed by atoms with Crippen molar-refractivity contribution in [2.75, 3.05) is 0 Å². The zero-order valence-corrected chi connectivity index (χ0v) is 8.90. The second-order valence-corrected chi connectivity index (χ2v) is 4.20. The summed E-state index contributed by atoms with van der Waals surface area (Å²) >= 11 is 5.86. The normalized spacial score (nSPS) is 17.6. The van der Waals surface area contributed by atoms with E-state index in [4.69, 9.17) is 11.6 Å². The van der Waals surface area contributed by atoms with Gasteiger partial charge in [0.15, 0.2) is 10.9 Å². The van der Waals surface area contributed by atoms with E-state index in [0.717, 1.165) is 18.5 Å². The molecule has 0 saturated heterocycles. The van der Waals surface area contributed by atoms with E-state index >= 15 is 0 Å². The highest BCUT2D eigenvalue weighted by Crippen LogP contribution is 2.36. The summed E-state index contributed by atoms with van der Waals surface area (Å²) in [5.41, 5.74) is 1.54. The van der Waals surface area contributed by atoms with E-state index in [0.29, 0.717) is 16.6 Å². The monoisotopic (exact) mass is 212 g/mol. The lowest BCUT2D eigenvalue weighted by molar-refractivity contribution is 0.101. The molecular weight excluding hydrogens is 200 g/mol. The van der Waals surface area contributed by atoms with Crippen molar-refractivity contribution in [2.24, 2.45) is 0 Å². The molecule has 0 radical (unpaired) electrons. The van der Waals surface area contributed by atoms with Gasteiger partial charge in [-0.3, -0.25) is 9.89 Å². The van der Waals surface area contributed by atoms with Crippen LogP contribution in [-0.2, 0) is 0 Å². The molecule has 1 aromatic rings. The molecule has 0 atom stereocenters. The average molecular weight is 213 g/mol. The van der Waals surface area contributed by atoms with Crippen LogP contribution in [0.3, 0.4) is 0 Å². The van der Waals surface area contributed by atoms with E-state index in [2.05, 4.69) is 10.2 Å². The number of nitrogens with one attached hydrogen (secondary N) is 1. The molecule has 2 rings (SSSR count). The standard InChI is InChI=1S/C10H13ClN2O/c1-6(14)8-9(12-13-10(8)11)7-4-2-3-5-7/h7H,2-5H2,1H3,(H,12,13). The Morgan fingerprint density at radius 1 is 1.50 bits per heavy atom. The highest BCUT2D eigenvalue weighted by atomic mass is 35.5. The smallest absolute Gasteiger partial charge is 0.164 e. The molecule has 1 aliphatic rings. The van der Waals surface area contributed by atoms with Crippen molar-refractivity contribution < 1.29 is 4.79 Å². The number of hydrogen-bond donors (Lipinski definition) is 1. The van der Waals surface area contributed by atoms with Crippen LogP contribution in [0.2, 0.25) is 5.15 Å². The minimum atomic E-state index is 0.00523. The molecular formula is C10H13ClN2O. The van der Waals surface area contributed by atoms with Gasteiger partial charge in [-0.2, -0.15) is 5.10 Å². The number of H-pyrrole nitrogens is 1. The largest absolute Gasteiger partial charge is 0.294 e. The number of aromatic nitrogens is 2. The van der Waals surface area contributed by atoms with E-state index < -0.39 is 0 Å². The van der Waals surface area contributed by atoms with Crippen LogP contribution in [-0.4, -0.2) is 16.0 Å². The van der Waals surface area contributed by atoms with Gasteiger partial charge in [0.25, 0.3) is 0 Å². The second kappa shape index (κ2) is 3.73. The van der Waals surface area contributed by atoms with Gasteiger partial charge >= 0.3 is 0 Å². The quantitative estimate of drug-likeness (QED) is 0.767. The maximum Gasteiger partial charge on any atom is 0.164 e. The molecule has 0 amide bonds. The minimum absolute atomic E-state index is 0.00523. The van der Waals surface area contributed by atoms with Gasteiger partial charge in [0, 0.05) is 5.92 Å². The molecule has 1 saturated carbocycles. The molecule has 3 nitrogen and oxygen atoms in total. The number of ketones is 1. The lowest BCUT2D eigenvalue weighted by Gasteiger charge is -2.07. The first-order chi connectivity index (χ1) is 6.70. The lowest BCUT2D eigenvalue weighted by atomic mass is 9.99. The zero-order chi connectivity index (χ0) is 10.1. The Hall–Kier alpha value is -0.830. The fourth-order valence-corrected chi connectivity index (χ4v) is 2.45. The Balaban J connectivity index is 2.37. The van der Waals surface area contributed by atoms with Crippen molar-refractivity contribution in [3.63, 3.8) is 0 Å². The molecule has 0 unspecified atom stereocenters. The van der Waals surface area contributed by atoms with Gasteiger partial charge in [-0.25, -0.2) is 0 Å². The molecule has 0 aliphatic heterocycles. The van der Waals surface area contributed by atoms with E-state index in [-0.39, 0.29) is 5.78 Å². The Morgan fingerprint density at radius 3 is 2.71 bits per heavy atom. The predicted molar refractivity (Wildman–Crippen MR) is 54.8 cm³/mol. The van der Waals surface area contributed by atoms with Crippen molar-refractivity contribution in [1.29, 1.82) is 0 Å². The highest BCUT2D eigenvalue weighted by Gasteiger charge is 2.25. The van der Waals surface area contributed by atoms with Gasteiger partial charge in [-0.1, -0.05) is 24.4 Å². The number of rotatable bonds is 2. The number of aromatic amines is 1. The van der Waals surface area contributed by atoms with Crippen molar-refractivity contribution in [2.45, 2.75) is 38.5 Å². The van der Waals surface area contributed by atoms with E-state index in [1.807, 2.05) is 0 Å². The highest BCUT2D eigenvalue weighted by molar-refractivity contribution is 6.32. The number of hydrogen-bond acceptors (Lipinski definition) is 2. The van der Waals surface area contributed by atoms with Gasteiger partial charge in [-0.15, -0.1) is 0 Å². The number of nitrogens with zero attached hydrogens (tertiary/aromatic N) is 1. The Bertz CT molecular complexity index is 353. The SMILES string of the molecule is CC(=O)c1c(Cl)n[nH]c1C1CCCC1. The van der Waals surface area contributed by atoms with Gasteiger partial charge in [0.05, 0.1) is 11.3 Å². The fourth-order valence-electron chi connectivity index (χ4n) is 2.18. The van der Waals surface area contributed by atoms with Crippen LogP contribution < -0.4 is 0 Å². The summed E-state index contributed by atoms with van der Waals surface area (Å²) in [6, 6.07) is 0. The molecule has 76 valence electrons. The number of carbonyl (C=O) groups excluding carboxylic acids is 1. The molecule has 1 aliphatic carbocycles. The molecule has 14 heavy (non-hydrogen) atoms. The van der Waals surface area contributed by atoms with Crippen molar-refractivity contribution in [3.8, 4) is 0 Å². The molecule has 1 heterocycles. The lowest BCUT2D eigenvalue weighted by Crippen LogP contribution is -2.01. The van der Waals surface area contributed by atoms with Crippen LogP contribution in [0.4, 0.5) is 0 Å².